The smallest absolute Gasteiger partial charge is 0.257 e. The van der Waals surface area contributed by atoms with E-state index in [0.717, 1.165) is 23.3 Å². The van der Waals surface area contributed by atoms with Crippen LogP contribution in [-0.4, -0.2) is 48.2 Å². The molecule has 1 aliphatic rings. The number of hydrogen-bond donors (Lipinski definition) is 1. The molecule has 0 bridgehead atoms. The fourth-order valence-corrected chi connectivity index (χ4v) is 3.84. The summed E-state index contributed by atoms with van der Waals surface area (Å²) >= 11 is 0. The van der Waals surface area contributed by atoms with E-state index in [4.69, 9.17) is 19.3 Å². The van der Waals surface area contributed by atoms with Gasteiger partial charge in [0.2, 0.25) is 0 Å². The highest BCUT2D eigenvalue weighted by molar-refractivity contribution is 6.04. The molecule has 0 aliphatic carbocycles. The third-order valence-electron chi connectivity index (χ3n) is 5.61. The minimum Gasteiger partial charge on any atom is -0.493 e. The molecule has 1 N–H and O–H groups in total. The van der Waals surface area contributed by atoms with Crippen LogP contribution in [0.4, 0.5) is 5.69 Å². The van der Waals surface area contributed by atoms with Crippen molar-refractivity contribution in [2.24, 2.45) is 5.10 Å². The van der Waals surface area contributed by atoms with Crippen LogP contribution >= 0.6 is 0 Å². The largest absolute Gasteiger partial charge is 0.493 e. The number of nitrogens with zero attached hydrogens (tertiary/aromatic N) is 3. The first-order valence-electron chi connectivity index (χ1n) is 11.7. The number of rotatable bonds is 9. The van der Waals surface area contributed by atoms with Crippen molar-refractivity contribution in [1.82, 2.24) is 9.99 Å². The Labute approximate surface area is 205 Å². The minimum atomic E-state index is -0.194. The van der Waals surface area contributed by atoms with E-state index in [1.54, 1.807) is 31.6 Å². The summed E-state index contributed by atoms with van der Waals surface area (Å²) in [5, 5.41) is 9.70. The number of pyridine rings is 1. The summed E-state index contributed by atoms with van der Waals surface area (Å²) in [6.45, 7) is 5.57. The molecular formula is C27H30N4O4. The summed E-state index contributed by atoms with van der Waals surface area (Å²) in [6, 6.07) is 17.0. The van der Waals surface area contributed by atoms with Gasteiger partial charge >= 0.3 is 0 Å². The second-order valence-corrected chi connectivity index (χ2v) is 8.03. The third kappa shape index (κ3) is 5.96. The number of hydrogen-bond acceptors (Lipinski definition) is 7. The van der Waals surface area contributed by atoms with Crippen LogP contribution in [0.5, 0.6) is 11.5 Å². The Bertz CT molecular complexity index is 1170. The molecule has 8 nitrogen and oxygen atoms in total. The van der Waals surface area contributed by atoms with Gasteiger partial charge in [-0.1, -0.05) is 19.1 Å². The van der Waals surface area contributed by atoms with Gasteiger partial charge in [0.25, 0.3) is 5.91 Å². The van der Waals surface area contributed by atoms with E-state index in [2.05, 4.69) is 17.2 Å². The van der Waals surface area contributed by atoms with Crippen molar-refractivity contribution in [3.8, 4) is 11.5 Å². The van der Waals surface area contributed by atoms with Crippen LogP contribution < -0.4 is 14.8 Å². The zero-order valence-corrected chi connectivity index (χ0v) is 20.2. The predicted octanol–water partition coefficient (Wildman–Crippen LogP) is 4.71. The second-order valence-electron chi connectivity index (χ2n) is 8.03. The molecule has 0 spiro atoms. The van der Waals surface area contributed by atoms with Gasteiger partial charge in [-0.2, -0.15) is 5.10 Å². The van der Waals surface area contributed by atoms with Gasteiger partial charge in [0.1, 0.15) is 12.8 Å². The number of carbonyl (C=O) groups excluding carboxylic acids is 1. The Balaban J connectivity index is 1.47. The fraction of sp³-hybridized carbons (Fsp3) is 0.296. The van der Waals surface area contributed by atoms with Crippen molar-refractivity contribution in [3.63, 3.8) is 0 Å². The molecule has 1 amide bonds. The zero-order valence-electron chi connectivity index (χ0n) is 20.2. The van der Waals surface area contributed by atoms with Crippen molar-refractivity contribution in [2.45, 2.75) is 32.9 Å². The maximum atomic E-state index is 12.3. The molecule has 3 aromatic rings. The van der Waals surface area contributed by atoms with E-state index in [1.165, 1.54) is 0 Å². The van der Waals surface area contributed by atoms with E-state index < -0.39 is 0 Å². The number of carbonyl (C=O) groups is 1. The van der Waals surface area contributed by atoms with Crippen LogP contribution in [0.15, 0.2) is 72.1 Å². The average molecular weight is 475 g/mol. The van der Waals surface area contributed by atoms with Crippen LogP contribution in [0.2, 0.25) is 0 Å². The molecule has 0 saturated heterocycles. The van der Waals surface area contributed by atoms with Crippen LogP contribution in [0.3, 0.4) is 0 Å². The van der Waals surface area contributed by atoms with E-state index in [0.29, 0.717) is 42.6 Å². The molecule has 1 atom stereocenters. The quantitative estimate of drug-likeness (QED) is 0.483. The Morgan fingerprint density at radius 3 is 2.66 bits per heavy atom. The molecule has 35 heavy (non-hydrogen) atoms. The zero-order chi connectivity index (χ0) is 24.6. The van der Waals surface area contributed by atoms with Crippen molar-refractivity contribution in [3.05, 3.63) is 83.7 Å². The van der Waals surface area contributed by atoms with Crippen LogP contribution in [0, 0.1) is 0 Å². The molecule has 0 radical (unpaired) electrons. The maximum absolute atomic E-state index is 12.3. The average Bonchev–Trinajstić information content (AvgIpc) is 2.90. The number of hydrazone groups is 1. The van der Waals surface area contributed by atoms with Gasteiger partial charge in [0, 0.05) is 23.6 Å². The molecule has 1 aliphatic heterocycles. The molecule has 1 unspecified atom stereocenters. The maximum Gasteiger partial charge on any atom is 0.257 e. The van der Waals surface area contributed by atoms with Gasteiger partial charge in [-0.25, -0.2) is 0 Å². The highest BCUT2D eigenvalue weighted by Crippen LogP contribution is 2.30. The molecule has 8 heteroatoms. The SMILES string of the molecule is CCOc1ccc(C2=NN(Cc3ccc(NC(=O)c4cccnc4)cc3)COC2CC)cc1OC. The lowest BCUT2D eigenvalue weighted by molar-refractivity contribution is -0.0157. The monoisotopic (exact) mass is 474 g/mol. The molecule has 182 valence electrons. The van der Waals surface area contributed by atoms with Crippen molar-refractivity contribution in [2.75, 3.05) is 25.8 Å². The van der Waals surface area contributed by atoms with Gasteiger partial charge in [-0.3, -0.25) is 14.8 Å². The number of nitrogens with one attached hydrogen (secondary N) is 1. The standard InChI is InChI=1S/C27H30N4O4/c1-4-23-26(20-10-13-24(34-5-2)25(15-20)33-3)30-31(18-35-23)17-19-8-11-22(12-9-19)29-27(32)21-7-6-14-28-16-21/h6-16,23H,4-5,17-18H2,1-3H3,(H,29,32). The molecule has 1 aromatic heterocycles. The van der Waals surface area contributed by atoms with Crippen LogP contribution in [-0.2, 0) is 11.3 Å². The van der Waals surface area contributed by atoms with Gasteiger partial charge in [-0.05, 0) is 61.4 Å². The lowest BCUT2D eigenvalue weighted by Gasteiger charge is -2.31. The predicted molar refractivity (Wildman–Crippen MR) is 135 cm³/mol. The normalized spacial score (nSPS) is 15.3. The molecular weight excluding hydrogens is 444 g/mol. The third-order valence-corrected chi connectivity index (χ3v) is 5.61. The lowest BCUT2D eigenvalue weighted by Crippen LogP contribution is -2.37. The van der Waals surface area contributed by atoms with Crippen molar-refractivity contribution in [1.29, 1.82) is 0 Å². The molecule has 2 aromatic carbocycles. The fourth-order valence-electron chi connectivity index (χ4n) is 3.84. The minimum absolute atomic E-state index is 0.0982. The van der Waals surface area contributed by atoms with Gasteiger partial charge in [0.15, 0.2) is 11.5 Å². The summed E-state index contributed by atoms with van der Waals surface area (Å²) in [5.74, 6) is 1.18. The number of aromatic nitrogens is 1. The van der Waals surface area contributed by atoms with E-state index >= 15 is 0 Å². The molecule has 4 rings (SSSR count). The van der Waals surface area contributed by atoms with Crippen molar-refractivity contribution >= 4 is 17.3 Å². The molecule has 2 heterocycles. The van der Waals surface area contributed by atoms with E-state index in [9.17, 15) is 4.79 Å². The first-order chi connectivity index (χ1) is 17.1. The first-order valence-corrected chi connectivity index (χ1v) is 11.7. The summed E-state index contributed by atoms with van der Waals surface area (Å²) in [6.07, 6.45) is 3.89. The van der Waals surface area contributed by atoms with E-state index in [-0.39, 0.29) is 12.0 Å². The number of amides is 1. The van der Waals surface area contributed by atoms with Crippen molar-refractivity contribution < 1.29 is 19.0 Å². The Hall–Kier alpha value is -3.91. The Morgan fingerprint density at radius 1 is 1.14 bits per heavy atom. The van der Waals surface area contributed by atoms with Crippen LogP contribution in [0.1, 0.15) is 41.8 Å². The highest BCUT2D eigenvalue weighted by Gasteiger charge is 2.25. The number of anilines is 1. The summed E-state index contributed by atoms with van der Waals surface area (Å²) < 4.78 is 17.3. The second kappa shape index (κ2) is 11.5. The first kappa shape index (κ1) is 24.2. The number of ether oxygens (including phenoxy) is 3. The van der Waals surface area contributed by atoms with Gasteiger partial charge in [-0.15, -0.1) is 0 Å². The number of methoxy groups -OCH3 is 1. The Kier molecular flexibility index (Phi) is 7.95. The number of benzene rings is 2. The van der Waals surface area contributed by atoms with Gasteiger partial charge in [0.05, 0.1) is 31.5 Å². The molecule has 0 fully saturated rings. The highest BCUT2D eigenvalue weighted by atomic mass is 16.5. The lowest BCUT2D eigenvalue weighted by atomic mass is 10.0. The van der Waals surface area contributed by atoms with Crippen LogP contribution in [0.25, 0.3) is 0 Å². The molecule has 0 saturated carbocycles. The van der Waals surface area contributed by atoms with Gasteiger partial charge < -0.3 is 19.5 Å². The summed E-state index contributed by atoms with van der Waals surface area (Å²) in [4.78, 5) is 16.3. The van der Waals surface area contributed by atoms with E-state index in [1.807, 2.05) is 54.4 Å². The summed E-state index contributed by atoms with van der Waals surface area (Å²) in [5.41, 5.74) is 4.08. The topological polar surface area (TPSA) is 85.3 Å². The Morgan fingerprint density at radius 2 is 1.97 bits per heavy atom. The summed E-state index contributed by atoms with van der Waals surface area (Å²) in [7, 11) is 1.63.